The van der Waals surface area contributed by atoms with Crippen molar-refractivity contribution in [3.05, 3.63) is 107 Å². The number of rotatable bonds is 5. The number of hydrogen-bond donors (Lipinski definition) is 1. The minimum atomic E-state index is -4.16. The number of benzene rings is 3. The van der Waals surface area contributed by atoms with Gasteiger partial charge in [-0.3, -0.25) is 4.79 Å². The summed E-state index contributed by atoms with van der Waals surface area (Å²) in [6, 6.07) is 20.7. The summed E-state index contributed by atoms with van der Waals surface area (Å²) < 4.78 is 29.9. The van der Waals surface area contributed by atoms with Crippen LogP contribution in [0.5, 0.6) is 0 Å². The van der Waals surface area contributed by atoms with E-state index in [1.165, 1.54) is 30.3 Å². The quantitative estimate of drug-likeness (QED) is 0.640. The number of sulfonamides is 1. The maximum Gasteiger partial charge on any atom is 0.335 e. The highest BCUT2D eigenvalue weighted by Gasteiger charge is 2.28. The molecule has 3 aromatic rings. The van der Waals surface area contributed by atoms with Crippen LogP contribution >= 0.6 is 0 Å². The zero-order chi connectivity index (χ0) is 22.9. The van der Waals surface area contributed by atoms with Gasteiger partial charge in [0.1, 0.15) is 0 Å². The van der Waals surface area contributed by atoms with E-state index in [0.29, 0.717) is 11.1 Å². The van der Waals surface area contributed by atoms with E-state index in [1.807, 2.05) is 30.3 Å². The Labute approximate surface area is 185 Å². The van der Waals surface area contributed by atoms with Gasteiger partial charge in [-0.2, -0.15) is 12.8 Å². The van der Waals surface area contributed by atoms with E-state index in [9.17, 15) is 18.0 Å². The maximum absolute atomic E-state index is 13.1. The number of hydrogen-bond acceptors (Lipinski definition) is 5. The van der Waals surface area contributed by atoms with E-state index in [4.69, 9.17) is 5.11 Å². The SMILES string of the molecule is CN(C1=CC(=NS(=O)(=O)c2ccc(C(=O)O)cc2)c2ccccc2C1=O)c1ccccc1. The van der Waals surface area contributed by atoms with Gasteiger partial charge in [0, 0.05) is 23.9 Å². The van der Waals surface area contributed by atoms with Crippen molar-refractivity contribution in [2.24, 2.45) is 4.40 Å². The fourth-order valence-electron chi connectivity index (χ4n) is 3.38. The van der Waals surface area contributed by atoms with Crippen molar-refractivity contribution in [2.45, 2.75) is 4.90 Å². The summed E-state index contributed by atoms with van der Waals surface area (Å²) in [5, 5.41) is 9.03. The number of carbonyl (C=O) groups excluding carboxylic acids is 1. The first kappa shape index (κ1) is 21.2. The number of ketones is 1. The molecule has 32 heavy (non-hydrogen) atoms. The Hall–Kier alpha value is -4.04. The van der Waals surface area contributed by atoms with Gasteiger partial charge < -0.3 is 10.0 Å². The number of fused-ring (bicyclic) bond motifs is 1. The molecular weight excluding hydrogens is 428 g/mol. The highest BCUT2D eigenvalue weighted by molar-refractivity contribution is 7.90. The summed E-state index contributed by atoms with van der Waals surface area (Å²) in [7, 11) is -2.43. The van der Waals surface area contributed by atoms with Crippen molar-refractivity contribution in [2.75, 3.05) is 11.9 Å². The number of likely N-dealkylation sites (N-methyl/N-ethyl adjacent to an activating group) is 1. The number of para-hydroxylation sites is 1. The van der Waals surface area contributed by atoms with Crippen LogP contribution in [0.1, 0.15) is 26.3 Å². The smallest absolute Gasteiger partial charge is 0.335 e. The van der Waals surface area contributed by atoms with Crippen LogP contribution in [0.25, 0.3) is 0 Å². The number of Topliss-reactive ketones (excluding diaryl/α,β-unsaturated/α-hetero) is 1. The van der Waals surface area contributed by atoms with Crippen LogP contribution in [0, 0.1) is 0 Å². The Bertz CT molecular complexity index is 1380. The van der Waals surface area contributed by atoms with Crippen molar-refractivity contribution < 1.29 is 23.1 Å². The number of carboxylic acid groups (broad SMARTS) is 1. The van der Waals surface area contributed by atoms with Crippen molar-refractivity contribution in [1.29, 1.82) is 0 Å². The summed E-state index contributed by atoms with van der Waals surface area (Å²) in [5.41, 5.74) is 1.90. The lowest BCUT2D eigenvalue weighted by Crippen LogP contribution is -2.29. The first-order chi connectivity index (χ1) is 15.3. The second-order valence-corrected chi connectivity index (χ2v) is 8.68. The molecule has 7 nitrogen and oxygen atoms in total. The van der Waals surface area contributed by atoms with Crippen LogP contribution in [0.15, 0.2) is 99.9 Å². The maximum atomic E-state index is 13.1. The van der Waals surface area contributed by atoms with Gasteiger partial charge in [0.15, 0.2) is 0 Å². The number of anilines is 1. The predicted octanol–water partition coefficient (Wildman–Crippen LogP) is 3.78. The molecule has 0 aliphatic heterocycles. The molecule has 0 unspecified atom stereocenters. The molecule has 0 atom stereocenters. The number of nitrogens with zero attached hydrogens (tertiary/aromatic N) is 2. The van der Waals surface area contributed by atoms with Crippen molar-refractivity contribution in [3.63, 3.8) is 0 Å². The van der Waals surface area contributed by atoms with Crippen molar-refractivity contribution in [1.82, 2.24) is 0 Å². The highest BCUT2D eigenvalue weighted by Crippen LogP contribution is 2.28. The molecule has 1 N–H and O–H groups in total. The Kier molecular flexibility index (Phi) is 5.46. The number of allylic oxidation sites excluding steroid dienone is 2. The van der Waals surface area contributed by atoms with Gasteiger partial charge in [-0.05, 0) is 42.5 Å². The van der Waals surface area contributed by atoms with E-state index < -0.39 is 16.0 Å². The first-order valence-electron chi connectivity index (χ1n) is 9.61. The largest absolute Gasteiger partial charge is 0.478 e. The molecule has 0 amide bonds. The van der Waals surface area contributed by atoms with Gasteiger partial charge in [-0.25, -0.2) is 4.79 Å². The number of carboxylic acids is 1. The summed E-state index contributed by atoms with van der Waals surface area (Å²) in [6.07, 6.45) is 1.46. The lowest BCUT2D eigenvalue weighted by molar-refractivity contribution is 0.0696. The average Bonchev–Trinajstić information content (AvgIpc) is 2.81. The summed E-state index contributed by atoms with van der Waals surface area (Å²) in [4.78, 5) is 25.7. The summed E-state index contributed by atoms with van der Waals surface area (Å²) >= 11 is 0. The van der Waals surface area contributed by atoms with Gasteiger partial charge in [0.05, 0.1) is 21.9 Å². The van der Waals surface area contributed by atoms with Crippen LogP contribution in [0.4, 0.5) is 5.69 Å². The van der Waals surface area contributed by atoms with Crippen LogP contribution in [0.3, 0.4) is 0 Å². The van der Waals surface area contributed by atoms with Gasteiger partial charge in [0.25, 0.3) is 10.0 Å². The fraction of sp³-hybridized carbons (Fsp3) is 0.0417. The summed E-state index contributed by atoms with van der Waals surface area (Å²) in [5.74, 6) is -1.40. The van der Waals surface area contributed by atoms with Crippen LogP contribution in [-0.4, -0.2) is 38.0 Å². The molecule has 0 spiro atoms. The lowest BCUT2D eigenvalue weighted by atomic mass is 9.91. The Morgan fingerprint density at radius 2 is 1.47 bits per heavy atom. The van der Waals surface area contributed by atoms with E-state index in [1.54, 1.807) is 36.2 Å². The Morgan fingerprint density at radius 1 is 0.875 bits per heavy atom. The second-order valence-electron chi connectivity index (χ2n) is 7.08. The Balaban J connectivity index is 1.83. The second kappa shape index (κ2) is 8.24. The predicted molar refractivity (Wildman–Crippen MR) is 121 cm³/mol. The molecule has 0 fully saturated rings. The molecule has 0 radical (unpaired) electrons. The summed E-state index contributed by atoms with van der Waals surface area (Å²) in [6.45, 7) is 0. The molecule has 1 aliphatic rings. The molecule has 1 aliphatic carbocycles. The van der Waals surface area contributed by atoms with Crippen LogP contribution < -0.4 is 4.90 Å². The molecule has 4 rings (SSSR count). The third-order valence-corrected chi connectivity index (χ3v) is 6.38. The topological polar surface area (TPSA) is 104 Å². The molecule has 0 bridgehead atoms. The van der Waals surface area contributed by atoms with Gasteiger partial charge in [-0.1, -0.05) is 42.5 Å². The van der Waals surface area contributed by atoms with E-state index in [0.717, 1.165) is 5.69 Å². The zero-order valence-electron chi connectivity index (χ0n) is 17.0. The third-order valence-electron chi connectivity index (χ3n) is 5.08. The molecule has 3 aromatic carbocycles. The molecule has 0 aromatic heterocycles. The van der Waals surface area contributed by atoms with Crippen LogP contribution in [0.2, 0.25) is 0 Å². The van der Waals surface area contributed by atoms with E-state index in [2.05, 4.69) is 4.40 Å². The lowest BCUT2D eigenvalue weighted by Gasteiger charge is -2.26. The van der Waals surface area contributed by atoms with Gasteiger partial charge >= 0.3 is 5.97 Å². The number of carbonyl (C=O) groups is 2. The normalized spacial score (nSPS) is 14.6. The van der Waals surface area contributed by atoms with Gasteiger partial charge in [0.2, 0.25) is 5.78 Å². The van der Waals surface area contributed by atoms with Gasteiger partial charge in [-0.15, -0.1) is 0 Å². The Morgan fingerprint density at radius 3 is 2.09 bits per heavy atom. The first-order valence-corrected chi connectivity index (χ1v) is 11.0. The standard InChI is InChI=1S/C24H18N2O5S/c1-26(17-7-3-2-4-8-17)22-15-21(19-9-5-6-10-20(19)23(22)27)25-32(30,31)18-13-11-16(12-14-18)24(28)29/h2-15H,1H3,(H,28,29). The molecule has 0 heterocycles. The monoisotopic (exact) mass is 446 g/mol. The van der Waals surface area contributed by atoms with Crippen molar-refractivity contribution in [3.8, 4) is 0 Å². The van der Waals surface area contributed by atoms with Crippen LogP contribution in [-0.2, 0) is 10.0 Å². The highest BCUT2D eigenvalue weighted by atomic mass is 32.2. The minimum absolute atomic E-state index is 0.0307. The molecule has 0 saturated carbocycles. The number of aromatic carboxylic acids is 1. The van der Waals surface area contributed by atoms with E-state index in [-0.39, 0.29) is 27.7 Å². The van der Waals surface area contributed by atoms with E-state index >= 15 is 0 Å². The molecule has 8 heteroatoms. The molecule has 160 valence electrons. The molecular formula is C24H18N2O5S. The molecule has 0 saturated heterocycles. The average molecular weight is 446 g/mol. The minimum Gasteiger partial charge on any atom is -0.478 e. The zero-order valence-corrected chi connectivity index (χ0v) is 17.8. The van der Waals surface area contributed by atoms with Crippen molar-refractivity contribution >= 4 is 33.2 Å². The third kappa shape index (κ3) is 3.95. The fourth-order valence-corrected chi connectivity index (χ4v) is 4.38.